The standard InChI is InChI=1S/C24H33N9O/c1-29(2)23(34)20-15-18-16-26-24(28-22(18)33(20)32-9-5-4-6-10-32)27-21-8-7-19(17-25-21)31-13-11-30(3)12-14-31/h7-8,15-17H,4-6,9-14H2,1-3H3,(H,25,26,27,28)/i3D3. The fourth-order valence-electron chi connectivity index (χ4n) is 4.51. The molecule has 1 amide bonds. The molecular weight excluding hydrogens is 430 g/mol. The van der Waals surface area contributed by atoms with Crippen LogP contribution in [0.5, 0.6) is 0 Å². The Morgan fingerprint density at radius 3 is 2.50 bits per heavy atom. The molecule has 5 heterocycles. The van der Waals surface area contributed by atoms with Gasteiger partial charge in [0.2, 0.25) is 5.95 Å². The number of carbonyl (C=O) groups is 1. The van der Waals surface area contributed by atoms with Gasteiger partial charge in [-0.2, -0.15) is 4.98 Å². The third-order valence-electron chi connectivity index (χ3n) is 6.39. The Morgan fingerprint density at radius 2 is 1.82 bits per heavy atom. The maximum absolute atomic E-state index is 13.0. The van der Waals surface area contributed by atoms with E-state index < -0.39 is 6.98 Å². The van der Waals surface area contributed by atoms with E-state index in [0.29, 0.717) is 49.3 Å². The normalized spacial score (nSPS) is 18.9. The molecular formula is C24H33N9O. The molecule has 34 heavy (non-hydrogen) atoms. The molecule has 10 heteroatoms. The van der Waals surface area contributed by atoms with Gasteiger partial charge in [0.25, 0.3) is 5.91 Å². The first-order valence-corrected chi connectivity index (χ1v) is 11.8. The highest BCUT2D eigenvalue weighted by Gasteiger charge is 2.24. The number of rotatable bonds is 5. The van der Waals surface area contributed by atoms with E-state index in [9.17, 15) is 4.79 Å². The molecule has 0 bridgehead atoms. The Morgan fingerprint density at radius 1 is 1.03 bits per heavy atom. The quantitative estimate of drug-likeness (QED) is 0.612. The van der Waals surface area contributed by atoms with Crippen LogP contribution in [-0.4, -0.2) is 95.7 Å². The number of nitrogens with zero attached hydrogens (tertiary/aromatic N) is 8. The van der Waals surface area contributed by atoms with Crippen molar-refractivity contribution in [3.8, 4) is 0 Å². The predicted octanol–water partition coefficient (Wildman–Crippen LogP) is 2.15. The van der Waals surface area contributed by atoms with Gasteiger partial charge in [-0.05, 0) is 44.4 Å². The second-order valence-corrected chi connectivity index (χ2v) is 9.03. The molecule has 10 nitrogen and oxygen atoms in total. The number of hydrogen-bond donors (Lipinski definition) is 1. The molecule has 2 aliphatic heterocycles. The van der Waals surface area contributed by atoms with Crippen LogP contribution in [-0.2, 0) is 0 Å². The minimum absolute atomic E-state index is 0.0740. The molecule has 2 aliphatic rings. The highest BCUT2D eigenvalue weighted by Crippen LogP contribution is 2.24. The summed E-state index contributed by atoms with van der Waals surface area (Å²) >= 11 is 0. The highest BCUT2D eigenvalue weighted by molar-refractivity contribution is 5.98. The van der Waals surface area contributed by atoms with E-state index in [0.717, 1.165) is 37.0 Å². The van der Waals surface area contributed by atoms with Gasteiger partial charge in [-0.25, -0.2) is 14.6 Å². The molecule has 5 rings (SSSR count). The van der Waals surface area contributed by atoms with Gasteiger partial charge in [-0.3, -0.25) is 4.79 Å². The third kappa shape index (κ3) is 4.50. The second kappa shape index (κ2) is 9.46. The Hall–Kier alpha value is -3.40. The van der Waals surface area contributed by atoms with Crippen molar-refractivity contribution in [3.63, 3.8) is 0 Å². The Kier molecular flexibility index (Phi) is 5.27. The van der Waals surface area contributed by atoms with Crippen molar-refractivity contribution in [2.45, 2.75) is 19.3 Å². The number of aromatic nitrogens is 4. The molecule has 3 aromatic rings. The fraction of sp³-hybridized carbons (Fsp3) is 0.500. The van der Waals surface area contributed by atoms with Crippen molar-refractivity contribution < 1.29 is 8.91 Å². The summed E-state index contributed by atoms with van der Waals surface area (Å²) in [4.78, 5) is 32.0. The molecule has 3 aromatic heterocycles. The number of pyridine rings is 1. The number of hydrogen-bond acceptors (Lipinski definition) is 8. The first-order chi connectivity index (χ1) is 17.7. The molecule has 2 saturated heterocycles. The number of likely N-dealkylation sites (N-methyl/N-ethyl adjacent to an activating group) is 1. The van der Waals surface area contributed by atoms with Crippen LogP contribution in [0.1, 0.15) is 33.9 Å². The minimum atomic E-state index is -2.05. The molecule has 0 radical (unpaired) electrons. The summed E-state index contributed by atoms with van der Waals surface area (Å²) in [6.45, 7) is 1.93. The van der Waals surface area contributed by atoms with Crippen LogP contribution in [0.15, 0.2) is 30.6 Å². The first-order valence-electron chi connectivity index (χ1n) is 13.3. The number of piperazine rings is 1. The summed E-state index contributed by atoms with van der Waals surface area (Å²) in [5.41, 5.74) is 2.21. The van der Waals surface area contributed by atoms with Crippen molar-refractivity contribution in [2.75, 3.05) is 75.6 Å². The molecule has 0 saturated carbocycles. The van der Waals surface area contributed by atoms with E-state index >= 15 is 0 Å². The maximum Gasteiger partial charge on any atom is 0.272 e. The summed E-state index contributed by atoms with van der Waals surface area (Å²) in [5, 5.41) is 6.18. The number of carbonyl (C=O) groups excluding carboxylic acids is 1. The van der Waals surface area contributed by atoms with Crippen LogP contribution in [0.3, 0.4) is 0 Å². The van der Waals surface area contributed by atoms with Crippen LogP contribution in [0, 0.1) is 0 Å². The molecule has 0 aromatic carbocycles. The smallest absolute Gasteiger partial charge is 0.272 e. The highest BCUT2D eigenvalue weighted by atomic mass is 16.2. The second-order valence-electron chi connectivity index (χ2n) is 9.03. The van der Waals surface area contributed by atoms with E-state index in [1.165, 1.54) is 11.3 Å². The lowest BCUT2D eigenvalue weighted by molar-refractivity contribution is 0.0816. The average Bonchev–Trinajstić information content (AvgIpc) is 3.27. The SMILES string of the molecule is [2H]C([2H])([2H])N1CCN(c2ccc(Nc3ncc4cc(C(=O)N(C)C)n(N5CCCCC5)c4n3)nc2)CC1. The number of nitrogens with one attached hydrogen (secondary N) is 1. The molecule has 0 atom stereocenters. The van der Waals surface area contributed by atoms with Gasteiger partial charge in [-0.15, -0.1) is 0 Å². The number of fused-ring (bicyclic) bond motifs is 1. The fourth-order valence-corrected chi connectivity index (χ4v) is 4.51. The van der Waals surface area contributed by atoms with Crippen LogP contribution in [0.4, 0.5) is 17.5 Å². The van der Waals surface area contributed by atoms with Crippen molar-refractivity contribution in [3.05, 3.63) is 36.3 Å². The van der Waals surface area contributed by atoms with Gasteiger partial charge in [-0.1, -0.05) is 0 Å². The summed E-state index contributed by atoms with van der Waals surface area (Å²) in [7, 11) is 3.50. The van der Waals surface area contributed by atoms with E-state index in [1.54, 1.807) is 31.4 Å². The molecule has 180 valence electrons. The number of anilines is 3. The lowest BCUT2D eigenvalue weighted by atomic mass is 10.2. The van der Waals surface area contributed by atoms with E-state index in [1.807, 2.05) is 22.9 Å². The van der Waals surface area contributed by atoms with Gasteiger partial charge in [0.05, 0.1) is 11.9 Å². The Labute approximate surface area is 204 Å². The van der Waals surface area contributed by atoms with Crippen molar-refractivity contribution in [1.29, 1.82) is 0 Å². The first kappa shape index (κ1) is 19.0. The summed E-state index contributed by atoms with van der Waals surface area (Å²) < 4.78 is 24.7. The van der Waals surface area contributed by atoms with Gasteiger partial charge < -0.3 is 25.0 Å². The zero-order chi connectivity index (χ0) is 26.2. The van der Waals surface area contributed by atoms with Gasteiger partial charge in [0.15, 0.2) is 5.65 Å². The minimum Gasteiger partial charge on any atom is -0.368 e. The Balaban J connectivity index is 1.35. The third-order valence-corrected chi connectivity index (χ3v) is 6.39. The van der Waals surface area contributed by atoms with E-state index in [4.69, 9.17) is 9.10 Å². The zero-order valence-electron chi connectivity index (χ0n) is 22.7. The van der Waals surface area contributed by atoms with E-state index in [-0.39, 0.29) is 5.91 Å². The van der Waals surface area contributed by atoms with Crippen LogP contribution in [0.2, 0.25) is 0 Å². The molecule has 2 fully saturated rings. The van der Waals surface area contributed by atoms with Crippen LogP contribution in [0.25, 0.3) is 11.0 Å². The van der Waals surface area contributed by atoms with Crippen molar-refractivity contribution in [2.24, 2.45) is 0 Å². The van der Waals surface area contributed by atoms with Crippen molar-refractivity contribution in [1.82, 2.24) is 29.4 Å². The van der Waals surface area contributed by atoms with Gasteiger partial charge >= 0.3 is 0 Å². The molecule has 1 N–H and O–H groups in total. The largest absolute Gasteiger partial charge is 0.368 e. The molecule has 0 spiro atoms. The molecule has 0 unspecified atom stereocenters. The Bertz CT molecular complexity index is 1240. The number of piperidine rings is 1. The monoisotopic (exact) mass is 466 g/mol. The van der Waals surface area contributed by atoms with E-state index in [2.05, 4.69) is 25.2 Å². The van der Waals surface area contributed by atoms with Crippen molar-refractivity contribution >= 4 is 34.4 Å². The van der Waals surface area contributed by atoms with Gasteiger partial charge in [0.1, 0.15) is 11.5 Å². The molecule has 0 aliphatic carbocycles. The van der Waals surface area contributed by atoms with Gasteiger partial charge in [0, 0.05) is 69.1 Å². The number of amides is 1. The summed E-state index contributed by atoms with van der Waals surface area (Å²) in [6.07, 6.45) is 6.84. The summed E-state index contributed by atoms with van der Waals surface area (Å²) in [6, 6.07) is 5.68. The topological polar surface area (TPSA) is 85.7 Å². The van der Waals surface area contributed by atoms with Crippen LogP contribution < -0.4 is 15.2 Å². The predicted molar refractivity (Wildman–Crippen MR) is 135 cm³/mol. The maximum atomic E-state index is 13.0. The van der Waals surface area contributed by atoms with Crippen LogP contribution >= 0.6 is 0 Å². The average molecular weight is 467 g/mol. The lowest BCUT2D eigenvalue weighted by Gasteiger charge is -2.33. The summed E-state index contributed by atoms with van der Waals surface area (Å²) in [5.74, 6) is 0.930. The lowest BCUT2D eigenvalue weighted by Crippen LogP contribution is -2.44. The zero-order valence-corrected chi connectivity index (χ0v) is 19.7.